The van der Waals surface area contributed by atoms with Crippen molar-refractivity contribution in [1.82, 2.24) is 14.8 Å². The second-order valence-electron chi connectivity index (χ2n) is 4.01. The zero-order chi connectivity index (χ0) is 13.8. The van der Waals surface area contributed by atoms with Gasteiger partial charge >= 0.3 is 0 Å². The molecule has 1 amide bonds. The Hall–Kier alpha value is -2.02. The van der Waals surface area contributed by atoms with Gasteiger partial charge in [-0.3, -0.25) is 4.79 Å². The van der Waals surface area contributed by atoms with Crippen LogP contribution in [0.15, 0.2) is 29.4 Å². The molecule has 0 bridgehead atoms. The SMILES string of the molecule is Cc1nnc(SCC(=O)Nc2ccccc2N)n1C. The summed E-state index contributed by atoms with van der Waals surface area (Å²) >= 11 is 1.34. The van der Waals surface area contributed by atoms with Gasteiger partial charge in [-0.1, -0.05) is 23.9 Å². The fraction of sp³-hybridized carbons (Fsp3) is 0.250. The topological polar surface area (TPSA) is 85.8 Å². The first kappa shape index (κ1) is 13.4. The number of anilines is 2. The van der Waals surface area contributed by atoms with E-state index in [1.807, 2.05) is 30.7 Å². The summed E-state index contributed by atoms with van der Waals surface area (Å²) in [6, 6.07) is 7.16. The summed E-state index contributed by atoms with van der Waals surface area (Å²) in [4.78, 5) is 11.8. The summed E-state index contributed by atoms with van der Waals surface area (Å²) in [6.07, 6.45) is 0. The Labute approximate surface area is 115 Å². The number of amides is 1. The van der Waals surface area contributed by atoms with Crippen LogP contribution in [-0.2, 0) is 11.8 Å². The highest BCUT2D eigenvalue weighted by atomic mass is 32.2. The smallest absolute Gasteiger partial charge is 0.234 e. The van der Waals surface area contributed by atoms with E-state index in [0.29, 0.717) is 16.5 Å². The first-order valence-electron chi connectivity index (χ1n) is 5.71. The van der Waals surface area contributed by atoms with Gasteiger partial charge in [-0.05, 0) is 19.1 Å². The van der Waals surface area contributed by atoms with Crippen LogP contribution in [0.2, 0.25) is 0 Å². The summed E-state index contributed by atoms with van der Waals surface area (Å²) in [5.41, 5.74) is 6.93. The van der Waals surface area contributed by atoms with E-state index in [4.69, 9.17) is 5.73 Å². The molecule has 0 atom stereocenters. The van der Waals surface area contributed by atoms with Crippen LogP contribution < -0.4 is 11.1 Å². The highest BCUT2D eigenvalue weighted by Gasteiger charge is 2.09. The molecule has 0 aliphatic heterocycles. The predicted molar refractivity (Wildman–Crippen MR) is 75.9 cm³/mol. The third-order valence-electron chi connectivity index (χ3n) is 2.62. The zero-order valence-corrected chi connectivity index (χ0v) is 11.6. The lowest BCUT2D eigenvalue weighted by Gasteiger charge is -2.07. The second-order valence-corrected chi connectivity index (χ2v) is 4.96. The van der Waals surface area contributed by atoms with Crippen molar-refractivity contribution in [3.05, 3.63) is 30.1 Å². The standard InChI is InChI=1S/C12H15N5OS/c1-8-15-16-12(17(8)2)19-7-11(18)14-10-6-4-3-5-9(10)13/h3-6H,7,13H2,1-2H3,(H,14,18). The Kier molecular flexibility index (Phi) is 4.06. The molecular weight excluding hydrogens is 262 g/mol. The molecule has 0 saturated heterocycles. The van der Waals surface area contributed by atoms with Crippen molar-refractivity contribution in [3.8, 4) is 0 Å². The number of hydrogen-bond acceptors (Lipinski definition) is 5. The maximum Gasteiger partial charge on any atom is 0.234 e. The Morgan fingerprint density at radius 1 is 1.42 bits per heavy atom. The van der Waals surface area contributed by atoms with Gasteiger partial charge in [0.05, 0.1) is 17.1 Å². The summed E-state index contributed by atoms with van der Waals surface area (Å²) in [5, 5.41) is 11.4. The number of thioether (sulfide) groups is 1. The summed E-state index contributed by atoms with van der Waals surface area (Å²) < 4.78 is 1.84. The second kappa shape index (κ2) is 5.75. The van der Waals surface area contributed by atoms with Crippen LogP contribution in [0.5, 0.6) is 0 Å². The third kappa shape index (κ3) is 3.25. The molecule has 2 rings (SSSR count). The van der Waals surface area contributed by atoms with E-state index in [2.05, 4.69) is 15.5 Å². The molecule has 1 aromatic carbocycles. The molecule has 1 heterocycles. The van der Waals surface area contributed by atoms with Gasteiger partial charge in [0.1, 0.15) is 5.82 Å². The van der Waals surface area contributed by atoms with Gasteiger partial charge in [0, 0.05) is 7.05 Å². The number of nitrogen functional groups attached to an aromatic ring is 1. The minimum Gasteiger partial charge on any atom is -0.397 e. The van der Waals surface area contributed by atoms with Crippen LogP contribution in [0.25, 0.3) is 0 Å². The number of aryl methyl sites for hydroxylation is 1. The van der Waals surface area contributed by atoms with Gasteiger partial charge in [-0.15, -0.1) is 10.2 Å². The monoisotopic (exact) mass is 277 g/mol. The molecule has 1 aromatic heterocycles. The lowest BCUT2D eigenvalue weighted by Crippen LogP contribution is -2.15. The number of para-hydroxylation sites is 2. The Bertz CT molecular complexity index is 596. The maximum atomic E-state index is 11.8. The van der Waals surface area contributed by atoms with E-state index in [0.717, 1.165) is 5.82 Å². The van der Waals surface area contributed by atoms with Crippen molar-refractivity contribution in [2.24, 2.45) is 7.05 Å². The molecule has 0 aliphatic carbocycles. The minimum atomic E-state index is -0.122. The average molecular weight is 277 g/mol. The van der Waals surface area contributed by atoms with E-state index in [9.17, 15) is 4.79 Å². The number of nitrogens with zero attached hydrogens (tertiary/aromatic N) is 3. The lowest BCUT2D eigenvalue weighted by atomic mass is 10.3. The molecule has 0 spiro atoms. The molecular formula is C12H15N5OS. The number of carbonyl (C=O) groups excluding carboxylic acids is 1. The fourth-order valence-electron chi connectivity index (χ4n) is 1.44. The van der Waals surface area contributed by atoms with Crippen molar-refractivity contribution in [2.75, 3.05) is 16.8 Å². The number of carbonyl (C=O) groups is 1. The molecule has 2 aromatic rings. The lowest BCUT2D eigenvalue weighted by molar-refractivity contribution is -0.113. The molecule has 0 unspecified atom stereocenters. The summed E-state index contributed by atoms with van der Waals surface area (Å²) in [5.74, 6) is 0.957. The normalized spacial score (nSPS) is 10.4. The molecule has 0 radical (unpaired) electrons. The number of hydrogen-bond donors (Lipinski definition) is 2. The van der Waals surface area contributed by atoms with Crippen molar-refractivity contribution in [3.63, 3.8) is 0 Å². The van der Waals surface area contributed by atoms with Crippen molar-refractivity contribution < 1.29 is 4.79 Å². The minimum absolute atomic E-state index is 0.122. The van der Waals surface area contributed by atoms with Crippen molar-refractivity contribution in [1.29, 1.82) is 0 Å². The number of nitrogens with two attached hydrogens (primary N) is 1. The highest BCUT2D eigenvalue weighted by molar-refractivity contribution is 7.99. The summed E-state index contributed by atoms with van der Waals surface area (Å²) in [6.45, 7) is 1.86. The third-order valence-corrected chi connectivity index (χ3v) is 3.64. The van der Waals surface area contributed by atoms with Crippen LogP contribution in [0.3, 0.4) is 0 Å². The molecule has 100 valence electrons. The van der Waals surface area contributed by atoms with E-state index >= 15 is 0 Å². The molecule has 0 aliphatic rings. The van der Waals surface area contributed by atoms with Gasteiger partial charge in [0.25, 0.3) is 0 Å². The van der Waals surface area contributed by atoms with Gasteiger partial charge in [0.2, 0.25) is 5.91 Å². The highest BCUT2D eigenvalue weighted by Crippen LogP contribution is 2.19. The maximum absolute atomic E-state index is 11.8. The number of nitrogens with one attached hydrogen (secondary N) is 1. The average Bonchev–Trinajstić information content (AvgIpc) is 2.70. The van der Waals surface area contributed by atoms with Crippen LogP contribution in [0.1, 0.15) is 5.82 Å². The van der Waals surface area contributed by atoms with Crippen molar-refractivity contribution >= 4 is 29.0 Å². The van der Waals surface area contributed by atoms with Crippen LogP contribution in [-0.4, -0.2) is 26.4 Å². The predicted octanol–water partition coefficient (Wildman–Crippen LogP) is 1.44. The van der Waals surface area contributed by atoms with Gasteiger partial charge in [-0.2, -0.15) is 0 Å². The van der Waals surface area contributed by atoms with Crippen LogP contribution >= 0.6 is 11.8 Å². The van der Waals surface area contributed by atoms with Crippen LogP contribution in [0, 0.1) is 6.92 Å². The van der Waals surface area contributed by atoms with Gasteiger partial charge < -0.3 is 15.6 Å². The number of aromatic nitrogens is 3. The summed E-state index contributed by atoms with van der Waals surface area (Å²) in [7, 11) is 1.87. The van der Waals surface area contributed by atoms with E-state index in [-0.39, 0.29) is 11.7 Å². The van der Waals surface area contributed by atoms with Crippen LogP contribution in [0.4, 0.5) is 11.4 Å². The molecule has 19 heavy (non-hydrogen) atoms. The Morgan fingerprint density at radius 2 is 2.16 bits per heavy atom. The van der Waals surface area contributed by atoms with Gasteiger partial charge in [-0.25, -0.2) is 0 Å². The van der Waals surface area contributed by atoms with E-state index in [1.165, 1.54) is 11.8 Å². The van der Waals surface area contributed by atoms with Gasteiger partial charge in [0.15, 0.2) is 5.16 Å². The molecule has 7 heteroatoms. The molecule has 0 saturated carbocycles. The first-order chi connectivity index (χ1) is 9.08. The Balaban J connectivity index is 1.92. The first-order valence-corrected chi connectivity index (χ1v) is 6.69. The molecule has 0 fully saturated rings. The van der Waals surface area contributed by atoms with E-state index < -0.39 is 0 Å². The molecule has 6 nitrogen and oxygen atoms in total. The quantitative estimate of drug-likeness (QED) is 0.652. The Morgan fingerprint density at radius 3 is 2.79 bits per heavy atom. The number of rotatable bonds is 4. The zero-order valence-electron chi connectivity index (χ0n) is 10.8. The number of benzene rings is 1. The van der Waals surface area contributed by atoms with Crippen molar-refractivity contribution in [2.45, 2.75) is 12.1 Å². The fourth-order valence-corrected chi connectivity index (χ4v) is 2.20. The molecule has 3 N–H and O–H groups in total. The largest absolute Gasteiger partial charge is 0.397 e. The van der Waals surface area contributed by atoms with E-state index in [1.54, 1.807) is 12.1 Å².